The Balaban J connectivity index is 2.29. The van der Waals surface area contributed by atoms with Gasteiger partial charge < -0.3 is 4.74 Å². The molecule has 0 N–H and O–H groups in total. The van der Waals surface area contributed by atoms with E-state index in [2.05, 4.69) is 0 Å². The summed E-state index contributed by atoms with van der Waals surface area (Å²) in [4.78, 5) is 36.4. The third kappa shape index (κ3) is 2.81. The number of carbonyl (C=O) groups excluding carboxylic acids is 3. The van der Waals surface area contributed by atoms with Crippen LogP contribution in [0.2, 0.25) is 0 Å². The molecular weight excluding hydrogens is 246 g/mol. The maximum Gasteiger partial charge on any atom is 0.338 e. The van der Waals surface area contributed by atoms with Gasteiger partial charge in [0, 0.05) is 12.8 Å². The number of amides is 2. The molecule has 1 aromatic rings. The van der Waals surface area contributed by atoms with Crippen LogP contribution in [0.5, 0.6) is 0 Å². The van der Waals surface area contributed by atoms with Crippen molar-refractivity contribution >= 4 is 23.5 Å². The summed E-state index contributed by atoms with van der Waals surface area (Å²) >= 11 is 0. The second-order valence-electron chi connectivity index (χ2n) is 4.25. The second kappa shape index (κ2) is 5.65. The molecular formula is C14H15NO4. The number of esters is 1. The molecule has 1 aliphatic rings. The van der Waals surface area contributed by atoms with Gasteiger partial charge in [0.25, 0.3) is 0 Å². The Morgan fingerprint density at radius 2 is 1.95 bits per heavy atom. The summed E-state index contributed by atoms with van der Waals surface area (Å²) in [6.07, 6.45) is 1.30. The Kier molecular flexibility index (Phi) is 3.94. The summed E-state index contributed by atoms with van der Waals surface area (Å²) in [7, 11) is 0. The van der Waals surface area contributed by atoms with Crippen molar-refractivity contribution in [2.24, 2.45) is 0 Å². The fraction of sp³-hybridized carbons (Fsp3) is 0.357. The van der Waals surface area contributed by atoms with Crippen molar-refractivity contribution in [1.82, 2.24) is 0 Å². The number of hydrogen-bond donors (Lipinski definition) is 0. The van der Waals surface area contributed by atoms with Gasteiger partial charge in [0.15, 0.2) is 0 Å². The number of rotatable bonds is 3. The van der Waals surface area contributed by atoms with Gasteiger partial charge >= 0.3 is 5.97 Å². The van der Waals surface area contributed by atoms with E-state index in [0.29, 0.717) is 30.5 Å². The molecule has 5 heteroatoms. The van der Waals surface area contributed by atoms with Gasteiger partial charge in [-0.15, -0.1) is 0 Å². The zero-order valence-corrected chi connectivity index (χ0v) is 10.7. The van der Waals surface area contributed by atoms with Crippen molar-refractivity contribution in [2.75, 3.05) is 11.5 Å². The fourth-order valence-electron chi connectivity index (χ4n) is 2.03. The molecule has 0 aliphatic carbocycles. The minimum absolute atomic E-state index is 0.225. The zero-order valence-electron chi connectivity index (χ0n) is 10.7. The van der Waals surface area contributed by atoms with E-state index in [-0.39, 0.29) is 18.4 Å². The molecule has 1 saturated heterocycles. The highest BCUT2D eigenvalue weighted by Crippen LogP contribution is 2.23. The van der Waals surface area contributed by atoms with Crippen molar-refractivity contribution in [3.8, 4) is 0 Å². The van der Waals surface area contributed by atoms with Gasteiger partial charge in [-0.2, -0.15) is 0 Å². The topological polar surface area (TPSA) is 63.7 Å². The molecule has 1 heterocycles. The molecule has 19 heavy (non-hydrogen) atoms. The largest absolute Gasteiger partial charge is 0.462 e. The van der Waals surface area contributed by atoms with Crippen molar-refractivity contribution in [3.63, 3.8) is 0 Å². The van der Waals surface area contributed by atoms with E-state index in [1.807, 2.05) is 0 Å². The average Bonchev–Trinajstić information content (AvgIpc) is 2.39. The number of imide groups is 1. The number of benzene rings is 1. The molecule has 2 rings (SSSR count). The summed E-state index contributed by atoms with van der Waals surface area (Å²) in [6, 6.07) is 6.39. The Hall–Kier alpha value is -2.17. The minimum atomic E-state index is -0.457. The van der Waals surface area contributed by atoms with Crippen molar-refractivity contribution in [2.45, 2.75) is 26.2 Å². The monoisotopic (exact) mass is 261 g/mol. The SMILES string of the molecule is CCOC(=O)c1cccc(N2C(=O)CCCC2=O)c1. The van der Waals surface area contributed by atoms with Gasteiger partial charge in [-0.05, 0) is 31.5 Å². The highest BCUT2D eigenvalue weighted by atomic mass is 16.5. The standard InChI is InChI=1S/C14H15NO4/c1-2-19-14(18)10-5-3-6-11(9-10)15-12(16)7-4-8-13(15)17/h3,5-6,9H,2,4,7-8H2,1H3. The maximum atomic E-state index is 11.8. The highest BCUT2D eigenvalue weighted by molar-refractivity contribution is 6.16. The fourth-order valence-corrected chi connectivity index (χ4v) is 2.03. The summed E-state index contributed by atoms with van der Waals surface area (Å²) < 4.78 is 4.90. The molecule has 0 atom stereocenters. The van der Waals surface area contributed by atoms with Crippen molar-refractivity contribution < 1.29 is 19.1 Å². The summed E-state index contributed by atoms with van der Waals surface area (Å²) in [5, 5.41) is 0. The first-order valence-electron chi connectivity index (χ1n) is 6.26. The van der Waals surface area contributed by atoms with Gasteiger partial charge in [-0.1, -0.05) is 6.07 Å². The first-order chi connectivity index (χ1) is 9.13. The minimum Gasteiger partial charge on any atom is -0.462 e. The Morgan fingerprint density at radius 3 is 2.58 bits per heavy atom. The lowest BCUT2D eigenvalue weighted by molar-refractivity contribution is -0.129. The number of carbonyl (C=O) groups is 3. The molecule has 0 bridgehead atoms. The number of anilines is 1. The third-order valence-corrected chi connectivity index (χ3v) is 2.90. The number of piperidine rings is 1. The molecule has 1 aliphatic heterocycles. The van der Waals surface area contributed by atoms with E-state index in [0.717, 1.165) is 4.90 Å². The Bertz CT molecular complexity index is 508. The molecule has 1 aromatic carbocycles. The average molecular weight is 261 g/mol. The van der Waals surface area contributed by atoms with E-state index in [1.54, 1.807) is 25.1 Å². The highest BCUT2D eigenvalue weighted by Gasteiger charge is 2.27. The van der Waals surface area contributed by atoms with Gasteiger partial charge in [0.2, 0.25) is 11.8 Å². The van der Waals surface area contributed by atoms with Gasteiger partial charge in [-0.3, -0.25) is 14.5 Å². The van der Waals surface area contributed by atoms with Crippen LogP contribution in [0.15, 0.2) is 24.3 Å². The lowest BCUT2D eigenvalue weighted by atomic mass is 10.1. The van der Waals surface area contributed by atoms with Crippen molar-refractivity contribution in [1.29, 1.82) is 0 Å². The summed E-state index contributed by atoms with van der Waals surface area (Å²) in [5.74, 6) is -0.907. The normalized spacial score (nSPS) is 15.5. The van der Waals surface area contributed by atoms with E-state index >= 15 is 0 Å². The summed E-state index contributed by atoms with van der Waals surface area (Å²) in [6.45, 7) is 2.00. The molecule has 0 unspecified atom stereocenters. The Labute approximate surface area is 111 Å². The van der Waals surface area contributed by atoms with E-state index in [9.17, 15) is 14.4 Å². The second-order valence-corrected chi connectivity index (χ2v) is 4.25. The predicted octanol–water partition coefficient (Wildman–Crippen LogP) is 1.91. The smallest absolute Gasteiger partial charge is 0.338 e. The third-order valence-electron chi connectivity index (χ3n) is 2.90. The molecule has 0 aromatic heterocycles. The van der Waals surface area contributed by atoms with Gasteiger partial charge in [0.05, 0.1) is 17.9 Å². The van der Waals surface area contributed by atoms with Crippen LogP contribution in [0.4, 0.5) is 5.69 Å². The molecule has 2 amide bonds. The van der Waals surface area contributed by atoms with Crippen LogP contribution in [-0.2, 0) is 14.3 Å². The van der Waals surface area contributed by atoms with Crippen LogP contribution in [0.3, 0.4) is 0 Å². The Morgan fingerprint density at radius 1 is 1.26 bits per heavy atom. The first kappa shape index (κ1) is 13.3. The lowest BCUT2D eigenvalue weighted by Crippen LogP contribution is -2.40. The van der Waals surface area contributed by atoms with E-state index in [1.165, 1.54) is 6.07 Å². The lowest BCUT2D eigenvalue weighted by Gasteiger charge is -2.25. The zero-order chi connectivity index (χ0) is 13.8. The molecule has 0 radical (unpaired) electrons. The maximum absolute atomic E-state index is 11.8. The molecule has 5 nitrogen and oxygen atoms in total. The quantitative estimate of drug-likeness (QED) is 0.616. The van der Waals surface area contributed by atoms with E-state index in [4.69, 9.17) is 4.74 Å². The van der Waals surface area contributed by atoms with Crippen molar-refractivity contribution in [3.05, 3.63) is 29.8 Å². The molecule has 100 valence electrons. The molecule has 1 fully saturated rings. The van der Waals surface area contributed by atoms with Crippen LogP contribution in [0.25, 0.3) is 0 Å². The van der Waals surface area contributed by atoms with Gasteiger partial charge in [-0.25, -0.2) is 4.79 Å². The number of nitrogens with zero attached hydrogens (tertiary/aromatic N) is 1. The van der Waals surface area contributed by atoms with Crippen LogP contribution in [-0.4, -0.2) is 24.4 Å². The molecule has 0 saturated carbocycles. The van der Waals surface area contributed by atoms with Crippen LogP contribution in [0, 0.1) is 0 Å². The van der Waals surface area contributed by atoms with Gasteiger partial charge in [0.1, 0.15) is 0 Å². The predicted molar refractivity (Wildman–Crippen MR) is 68.7 cm³/mol. The molecule has 0 spiro atoms. The number of hydrogen-bond acceptors (Lipinski definition) is 4. The first-order valence-corrected chi connectivity index (χ1v) is 6.26. The van der Waals surface area contributed by atoms with E-state index < -0.39 is 5.97 Å². The summed E-state index contributed by atoms with van der Waals surface area (Å²) in [5.41, 5.74) is 0.769. The van der Waals surface area contributed by atoms with Crippen LogP contribution in [0.1, 0.15) is 36.5 Å². The number of ether oxygens (including phenoxy) is 1. The van der Waals surface area contributed by atoms with Crippen LogP contribution >= 0.6 is 0 Å². The van der Waals surface area contributed by atoms with Crippen LogP contribution < -0.4 is 4.90 Å².